The maximum Gasteiger partial charge on any atom is 0.305 e. The minimum atomic E-state index is -0.0614. The fourth-order valence-electron chi connectivity index (χ4n) is 2.28. The molecule has 82 valence electrons. The zero-order valence-corrected chi connectivity index (χ0v) is 9.26. The van der Waals surface area contributed by atoms with E-state index >= 15 is 0 Å². The second kappa shape index (κ2) is 6.86. The number of carbonyl (C=O) groups is 1. The maximum absolute atomic E-state index is 10.8. The summed E-state index contributed by atoms with van der Waals surface area (Å²) in [5.74, 6) is 0.884. The van der Waals surface area contributed by atoms with Crippen LogP contribution in [0.3, 0.4) is 0 Å². The Labute approximate surface area is 87.0 Å². The molecule has 1 aliphatic rings. The number of ether oxygens (including phenoxy) is 1. The molecular weight excluding hydrogens is 176 g/mol. The van der Waals surface area contributed by atoms with Gasteiger partial charge in [0.25, 0.3) is 0 Å². The highest BCUT2D eigenvalue weighted by atomic mass is 16.5. The Hall–Kier alpha value is -0.530. The molecule has 0 amide bonds. The molecule has 0 bridgehead atoms. The van der Waals surface area contributed by atoms with Crippen LogP contribution in [0.1, 0.15) is 57.8 Å². The van der Waals surface area contributed by atoms with Gasteiger partial charge in [0.05, 0.1) is 7.11 Å². The van der Waals surface area contributed by atoms with Gasteiger partial charge in [-0.1, -0.05) is 44.9 Å². The van der Waals surface area contributed by atoms with Gasteiger partial charge < -0.3 is 4.74 Å². The van der Waals surface area contributed by atoms with Crippen molar-refractivity contribution in [3.63, 3.8) is 0 Å². The first-order valence-electron chi connectivity index (χ1n) is 5.89. The Balaban J connectivity index is 1.94. The molecule has 0 spiro atoms. The quantitative estimate of drug-likeness (QED) is 0.500. The lowest BCUT2D eigenvalue weighted by molar-refractivity contribution is -0.140. The van der Waals surface area contributed by atoms with Crippen molar-refractivity contribution in [2.24, 2.45) is 5.92 Å². The molecule has 1 aliphatic carbocycles. The van der Waals surface area contributed by atoms with E-state index in [1.54, 1.807) is 0 Å². The van der Waals surface area contributed by atoms with Crippen molar-refractivity contribution in [2.75, 3.05) is 7.11 Å². The molecule has 0 aromatic heterocycles. The molecule has 0 heterocycles. The number of methoxy groups -OCH3 is 1. The van der Waals surface area contributed by atoms with Crippen molar-refractivity contribution in [2.45, 2.75) is 57.8 Å². The van der Waals surface area contributed by atoms with Gasteiger partial charge >= 0.3 is 5.97 Å². The lowest BCUT2D eigenvalue weighted by Crippen LogP contribution is -2.06. The zero-order chi connectivity index (χ0) is 10.2. The molecule has 0 aliphatic heterocycles. The van der Waals surface area contributed by atoms with Crippen LogP contribution < -0.4 is 0 Å². The molecule has 0 atom stereocenters. The van der Waals surface area contributed by atoms with E-state index in [0.29, 0.717) is 6.42 Å². The average molecular weight is 198 g/mol. The van der Waals surface area contributed by atoms with Crippen LogP contribution in [0.4, 0.5) is 0 Å². The van der Waals surface area contributed by atoms with E-state index in [4.69, 9.17) is 0 Å². The number of hydrogen-bond acceptors (Lipinski definition) is 2. The third-order valence-electron chi connectivity index (χ3n) is 3.20. The maximum atomic E-state index is 10.8. The highest BCUT2D eigenvalue weighted by Gasteiger charge is 2.12. The topological polar surface area (TPSA) is 26.3 Å². The van der Waals surface area contributed by atoms with Crippen LogP contribution in [0.5, 0.6) is 0 Å². The second-order valence-corrected chi connectivity index (χ2v) is 4.33. The molecule has 2 heteroatoms. The first-order chi connectivity index (χ1) is 6.83. The van der Waals surface area contributed by atoms with Gasteiger partial charge in [-0.3, -0.25) is 4.79 Å². The van der Waals surface area contributed by atoms with Crippen LogP contribution in [0.2, 0.25) is 0 Å². The molecular formula is C12H22O2. The average Bonchev–Trinajstić information content (AvgIpc) is 2.25. The predicted octanol–water partition coefficient (Wildman–Crippen LogP) is 3.30. The van der Waals surface area contributed by atoms with Crippen LogP contribution in [-0.2, 0) is 9.53 Å². The highest BCUT2D eigenvalue weighted by molar-refractivity contribution is 5.68. The third kappa shape index (κ3) is 4.64. The number of hydrogen-bond donors (Lipinski definition) is 0. The molecule has 0 unspecified atom stereocenters. The first-order valence-corrected chi connectivity index (χ1v) is 5.89. The van der Waals surface area contributed by atoms with Crippen molar-refractivity contribution in [3.8, 4) is 0 Å². The summed E-state index contributed by atoms with van der Waals surface area (Å²) in [6.07, 6.45) is 11.2. The number of unbranched alkanes of at least 4 members (excludes halogenated alkanes) is 1. The molecule has 14 heavy (non-hydrogen) atoms. The standard InChI is InChI=1S/C12H22O2/c1-14-12(13)10-6-5-9-11-7-3-2-4-8-11/h11H,2-10H2,1H3. The third-order valence-corrected chi connectivity index (χ3v) is 3.20. The van der Waals surface area contributed by atoms with Crippen LogP contribution in [0, 0.1) is 5.92 Å². The number of rotatable bonds is 5. The summed E-state index contributed by atoms with van der Waals surface area (Å²) < 4.78 is 4.60. The van der Waals surface area contributed by atoms with Gasteiger partial charge in [0, 0.05) is 6.42 Å². The van der Waals surface area contributed by atoms with Gasteiger partial charge in [0.1, 0.15) is 0 Å². The first kappa shape index (κ1) is 11.5. The van der Waals surface area contributed by atoms with E-state index in [2.05, 4.69) is 4.74 Å². The Morgan fingerprint density at radius 2 is 1.93 bits per heavy atom. The van der Waals surface area contributed by atoms with Gasteiger partial charge in [-0.2, -0.15) is 0 Å². The van der Waals surface area contributed by atoms with Gasteiger partial charge in [-0.25, -0.2) is 0 Å². The number of esters is 1. The monoisotopic (exact) mass is 198 g/mol. The van der Waals surface area contributed by atoms with E-state index in [9.17, 15) is 4.79 Å². The molecule has 1 rings (SSSR count). The molecule has 2 nitrogen and oxygen atoms in total. The van der Waals surface area contributed by atoms with Crippen LogP contribution in [0.15, 0.2) is 0 Å². The highest BCUT2D eigenvalue weighted by Crippen LogP contribution is 2.27. The Morgan fingerprint density at radius 1 is 1.21 bits per heavy atom. The molecule has 1 saturated carbocycles. The Kier molecular flexibility index (Phi) is 5.65. The van der Waals surface area contributed by atoms with Gasteiger partial charge in [0.15, 0.2) is 0 Å². The minimum Gasteiger partial charge on any atom is -0.469 e. The van der Waals surface area contributed by atoms with Crippen LogP contribution >= 0.6 is 0 Å². The SMILES string of the molecule is COC(=O)CCCCC1CCCCC1. The fourth-order valence-corrected chi connectivity index (χ4v) is 2.28. The van der Waals surface area contributed by atoms with Crippen molar-refractivity contribution in [1.82, 2.24) is 0 Å². The van der Waals surface area contributed by atoms with Gasteiger partial charge in [-0.05, 0) is 12.3 Å². The lowest BCUT2D eigenvalue weighted by Gasteiger charge is -2.21. The molecule has 0 aromatic rings. The minimum absolute atomic E-state index is 0.0614. The summed E-state index contributed by atoms with van der Waals surface area (Å²) in [6, 6.07) is 0. The smallest absolute Gasteiger partial charge is 0.305 e. The normalized spacial score (nSPS) is 18.1. The molecule has 1 fully saturated rings. The molecule has 0 radical (unpaired) electrons. The van der Waals surface area contributed by atoms with E-state index in [1.165, 1.54) is 52.1 Å². The van der Waals surface area contributed by atoms with Crippen LogP contribution in [-0.4, -0.2) is 13.1 Å². The number of carbonyl (C=O) groups excluding carboxylic acids is 1. The van der Waals surface area contributed by atoms with Gasteiger partial charge in [-0.15, -0.1) is 0 Å². The fraction of sp³-hybridized carbons (Fsp3) is 0.917. The molecule has 0 saturated heterocycles. The summed E-state index contributed by atoms with van der Waals surface area (Å²) in [5.41, 5.74) is 0. The molecule has 0 aromatic carbocycles. The lowest BCUT2D eigenvalue weighted by atomic mass is 9.86. The van der Waals surface area contributed by atoms with E-state index in [-0.39, 0.29) is 5.97 Å². The molecule has 0 N–H and O–H groups in total. The summed E-state index contributed by atoms with van der Waals surface area (Å²) in [5, 5.41) is 0. The van der Waals surface area contributed by atoms with Gasteiger partial charge in [0.2, 0.25) is 0 Å². The van der Waals surface area contributed by atoms with E-state index in [0.717, 1.165) is 12.3 Å². The van der Waals surface area contributed by atoms with E-state index in [1.807, 2.05) is 0 Å². The van der Waals surface area contributed by atoms with Crippen LogP contribution in [0.25, 0.3) is 0 Å². The Morgan fingerprint density at radius 3 is 2.57 bits per heavy atom. The predicted molar refractivity (Wildman–Crippen MR) is 57.1 cm³/mol. The zero-order valence-electron chi connectivity index (χ0n) is 9.26. The second-order valence-electron chi connectivity index (χ2n) is 4.33. The summed E-state index contributed by atoms with van der Waals surface area (Å²) in [7, 11) is 1.46. The largest absolute Gasteiger partial charge is 0.469 e. The van der Waals surface area contributed by atoms with Crippen molar-refractivity contribution < 1.29 is 9.53 Å². The van der Waals surface area contributed by atoms with Crippen molar-refractivity contribution in [3.05, 3.63) is 0 Å². The van der Waals surface area contributed by atoms with E-state index < -0.39 is 0 Å². The van der Waals surface area contributed by atoms with Crippen molar-refractivity contribution >= 4 is 5.97 Å². The summed E-state index contributed by atoms with van der Waals surface area (Å²) >= 11 is 0. The summed E-state index contributed by atoms with van der Waals surface area (Å²) in [4.78, 5) is 10.8. The van der Waals surface area contributed by atoms with Crippen molar-refractivity contribution in [1.29, 1.82) is 0 Å². The Bertz CT molecular complexity index is 160. The summed E-state index contributed by atoms with van der Waals surface area (Å²) in [6.45, 7) is 0.